The first-order valence-electron chi connectivity index (χ1n) is 10.9. The number of benzene rings is 2. The van der Waals surface area contributed by atoms with Crippen LogP contribution in [-0.2, 0) is 13.0 Å². The number of fused-ring (bicyclic) bond motifs is 3. The fourth-order valence-electron chi connectivity index (χ4n) is 4.85. The second-order valence-corrected chi connectivity index (χ2v) is 9.41. The van der Waals surface area contributed by atoms with Crippen LogP contribution in [0.2, 0.25) is 0 Å². The minimum atomic E-state index is -0.00653. The van der Waals surface area contributed by atoms with Crippen LogP contribution in [0.1, 0.15) is 52.9 Å². The van der Waals surface area contributed by atoms with Crippen LogP contribution in [0, 0.1) is 0 Å². The van der Waals surface area contributed by atoms with Crippen LogP contribution < -0.4 is 5.56 Å². The van der Waals surface area contributed by atoms with E-state index in [1.807, 2.05) is 23.1 Å². The van der Waals surface area contributed by atoms with Crippen molar-refractivity contribution in [3.05, 3.63) is 69.2 Å². The monoisotopic (exact) mass is 430 g/mol. The second-order valence-electron chi connectivity index (χ2n) is 8.35. The average Bonchev–Trinajstić information content (AvgIpc) is 3.45. The third-order valence-corrected chi connectivity index (χ3v) is 7.56. The Morgan fingerprint density at radius 1 is 1.00 bits per heavy atom. The Balaban J connectivity index is 1.38. The van der Waals surface area contributed by atoms with Crippen molar-refractivity contribution in [1.82, 2.24) is 19.4 Å². The van der Waals surface area contributed by atoms with Gasteiger partial charge in [-0.3, -0.25) is 14.2 Å². The number of hydrogen-bond acceptors (Lipinski definition) is 5. The number of aromatic nitrogens is 3. The number of piperidine rings is 1. The molecule has 0 saturated carbocycles. The largest absolute Gasteiger partial charge is 0.329 e. The molecule has 0 radical (unpaired) electrons. The highest BCUT2D eigenvalue weighted by Crippen LogP contribution is 2.36. The molecule has 7 heteroatoms. The molecule has 2 aliphatic rings. The zero-order valence-electron chi connectivity index (χ0n) is 17.1. The quantitative estimate of drug-likeness (QED) is 0.475. The molecule has 31 heavy (non-hydrogen) atoms. The lowest BCUT2D eigenvalue weighted by molar-refractivity contribution is 0.0611. The number of carbonyl (C=O) groups is 1. The van der Waals surface area contributed by atoms with Crippen molar-refractivity contribution >= 4 is 38.4 Å². The first-order valence-corrected chi connectivity index (χ1v) is 11.7. The first-order chi connectivity index (χ1) is 15.2. The molecular formula is C24H22N4O2S. The Morgan fingerprint density at radius 2 is 1.90 bits per heavy atom. The molecule has 0 N–H and O–H groups in total. The fourth-order valence-corrected chi connectivity index (χ4v) is 5.96. The summed E-state index contributed by atoms with van der Waals surface area (Å²) >= 11 is 1.68. The van der Waals surface area contributed by atoms with E-state index in [4.69, 9.17) is 9.97 Å². The van der Waals surface area contributed by atoms with Crippen molar-refractivity contribution in [3.8, 4) is 0 Å². The summed E-state index contributed by atoms with van der Waals surface area (Å²) in [6, 6.07) is 13.5. The minimum absolute atomic E-state index is 0.00169. The predicted octanol–water partition coefficient (Wildman–Crippen LogP) is 4.32. The van der Waals surface area contributed by atoms with Gasteiger partial charge in [-0.15, -0.1) is 11.3 Å². The molecule has 156 valence electrons. The van der Waals surface area contributed by atoms with Crippen LogP contribution in [-0.4, -0.2) is 31.9 Å². The van der Waals surface area contributed by atoms with Gasteiger partial charge in [-0.25, -0.2) is 9.97 Å². The van der Waals surface area contributed by atoms with Crippen LogP contribution in [0.5, 0.6) is 0 Å². The van der Waals surface area contributed by atoms with Crippen LogP contribution >= 0.6 is 11.3 Å². The third-order valence-electron chi connectivity index (χ3n) is 6.42. The highest BCUT2D eigenvalue weighted by molar-refractivity contribution is 7.18. The van der Waals surface area contributed by atoms with Crippen molar-refractivity contribution < 1.29 is 4.79 Å². The van der Waals surface area contributed by atoms with E-state index in [0.29, 0.717) is 16.5 Å². The van der Waals surface area contributed by atoms with E-state index >= 15 is 0 Å². The van der Waals surface area contributed by atoms with Crippen molar-refractivity contribution in [2.45, 2.75) is 44.7 Å². The van der Waals surface area contributed by atoms with Gasteiger partial charge in [-0.05, 0) is 56.0 Å². The van der Waals surface area contributed by atoms with E-state index in [2.05, 4.69) is 6.07 Å². The summed E-state index contributed by atoms with van der Waals surface area (Å²) in [5.74, 6) is 0.820. The Kier molecular flexibility index (Phi) is 4.38. The lowest BCUT2D eigenvalue weighted by Gasteiger charge is -2.34. The number of aryl methyl sites for hydroxylation is 1. The Hall–Kier alpha value is -3.06. The van der Waals surface area contributed by atoms with Gasteiger partial charge in [0.2, 0.25) is 0 Å². The van der Waals surface area contributed by atoms with Gasteiger partial charge in [0.25, 0.3) is 11.5 Å². The molecule has 0 spiro atoms. The molecule has 2 aromatic heterocycles. The van der Waals surface area contributed by atoms with E-state index < -0.39 is 0 Å². The molecule has 0 bridgehead atoms. The van der Waals surface area contributed by atoms with Gasteiger partial charge in [-0.2, -0.15) is 0 Å². The van der Waals surface area contributed by atoms with Crippen LogP contribution in [0.25, 0.3) is 21.1 Å². The van der Waals surface area contributed by atoms with Gasteiger partial charge in [0.15, 0.2) is 0 Å². The van der Waals surface area contributed by atoms with Crippen molar-refractivity contribution in [3.63, 3.8) is 0 Å². The third kappa shape index (κ3) is 3.07. The normalized spacial score (nSPS) is 18.6. The zero-order chi connectivity index (χ0) is 20.9. The summed E-state index contributed by atoms with van der Waals surface area (Å²) in [5.41, 5.74) is 2.21. The van der Waals surface area contributed by atoms with E-state index in [9.17, 15) is 9.59 Å². The summed E-state index contributed by atoms with van der Waals surface area (Å²) in [5, 5.41) is 1.59. The second kappa shape index (κ2) is 7.27. The summed E-state index contributed by atoms with van der Waals surface area (Å²) in [6.45, 7) is 1.45. The van der Waals surface area contributed by atoms with Crippen LogP contribution in [0.15, 0.2) is 47.3 Å². The maximum absolute atomic E-state index is 13.6. The summed E-state index contributed by atoms with van der Waals surface area (Å²) in [6.07, 6.45) is 4.77. The SMILES string of the molecule is O=C(c1ccc2c(=O)n3c(nc2c1)CCC3)N1CCCCC1c1nc2ccccc2s1. The lowest BCUT2D eigenvalue weighted by atomic mass is 10.0. The van der Waals surface area contributed by atoms with Crippen LogP contribution in [0.4, 0.5) is 0 Å². The van der Waals surface area contributed by atoms with Gasteiger partial charge >= 0.3 is 0 Å². The smallest absolute Gasteiger partial charge is 0.261 e. The minimum Gasteiger partial charge on any atom is -0.329 e. The number of thiazole rings is 1. The molecule has 6 nitrogen and oxygen atoms in total. The molecule has 1 saturated heterocycles. The Bertz CT molecular complexity index is 1360. The molecule has 6 rings (SSSR count). The molecule has 2 aliphatic heterocycles. The average molecular weight is 431 g/mol. The fraction of sp³-hybridized carbons (Fsp3) is 0.333. The van der Waals surface area contributed by atoms with E-state index in [-0.39, 0.29) is 17.5 Å². The first kappa shape index (κ1) is 18.7. The number of para-hydroxylation sites is 1. The van der Waals surface area contributed by atoms with E-state index in [0.717, 1.165) is 66.2 Å². The standard InChI is InChI=1S/C24H22N4O2S/c29-23(15-10-11-16-18(14-15)25-21-9-5-13-28(21)24(16)30)27-12-4-3-7-19(27)22-26-17-6-1-2-8-20(17)31-22/h1-2,6,8,10-11,14,19H,3-5,7,9,12-13H2. The number of amides is 1. The van der Waals surface area contributed by atoms with Crippen molar-refractivity contribution in [2.24, 2.45) is 0 Å². The number of hydrogen-bond donors (Lipinski definition) is 0. The molecular weight excluding hydrogens is 408 g/mol. The highest BCUT2D eigenvalue weighted by Gasteiger charge is 2.31. The predicted molar refractivity (Wildman–Crippen MR) is 122 cm³/mol. The van der Waals surface area contributed by atoms with E-state index in [1.165, 1.54) is 0 Å². The molecule has 1 fully saturated rings. The Labute approximate surface area is 183 Å². The lowest BCUT2D eigenvalue weighted by Crippen LogP contribution is -2.38. The van der Waals surface area contributed by atoms with Gasteiger partial charge in [0.05, 0.1) is 27.2 Å². The van der Waals surface area contributed by atoms with Crippen LogP contribution in [0.3, 0.4) is 0 Å². The van der Waals surface area contributed by atoms with Gasteiger partial charge in [0.1, 0.15) is 10.8 Å². The number of rotatable bonds is 2. The van der Waals surface area contributed by atoms with Gasteiger partial charge in [-0.1, -0.05) is 12.1 Å². The Morgan fingerprint density at radius 3 is 2.81 bits per heavy atom. The topological polar surface area (TPSA) is 68.1 Å². The number of nitrogens with zero attached hydrogens (tertiary/aromatic N) is 4. The van der Waals surface area contributed by atoms with Crippen molar-refractivity contribution in [1.29, 1.82) is 0 Å². The molecule has 4 heterocycles. The van der Waals surface area contributed by atoms with Gasteiger partial charge < -0.3 is 4.90 Å². The summed E-state index contributed by atoms with van der Waals surface area (Å²) in [7, 11) is 0. The molecule has 1 unspecified atom stereocenters. The molecule has 2 aromatic carbocycles. The van der Waals surface area contributed by atoms with Gasteiger partial charge in [0, 0.05) is 25.1 Å². The maximum Gasteiger partial charge on any atom is 0.261 e. The zero-order valence-corrected chi connectivity index (χ0v) is 17.9. The molecule has 0 aliphatic carbocycles. The van der Waals surface area contributed by atoms with Crippen molar-refractivity contribution in [2.75, 3.05) is 6.54 Å². The molecule has 4 aromatic rings. The summed E-state index contributed by atoms with van der Waals surface area (Å²) in [4.78, 5) is 37.8. The van der Waals surface area contributed by atoms with E-state index in [1.54, 1.807) is 34.1 Å². The number of likely N-dealkylation sites (tertiary alicyclic amines) is 1. The highest BCUT2D eigenvalue weighted by atomic mass is 32.1. The molecule has 1 atom stereocenters. The molecule has 1 amide bonds. The maximum atomic E-state index is 13.6. The summed E-state index contributed by atoms with van der Waals surface area (Å²) < 4.78 is 2.91. The number of carbonyl (C=O) groups excluding carboxylic acids is 1.